The average molecular weight is 382 g/mol. The van der Waals surface area contributed by atoms with Crippen LogP contribution in [-0.2, 0) is 12.1 Å². The minimum Gasteiger partial charge on any atom is -0.384 e. The molecule has 1 fully saturated rings. The normalized spacial score (nSPS) is 16.7. The fraction of sp³-hybridized carbons (Fsp3) is 0.455. The van der Waals surface area contributed by atoms with Crippen LogP contribution in [0, 0.1) is 0 Å². The third-order valence-corrected chi connectivity index (χ3v) is 5.00. The molecule has 28 heavy (non-hydrogen) atoms. The molecule has 1 aliphatic heterocycles. The van der Waals surface area contributed by atoms with Crippen LogP contribution in [0.5, 0.6) is 0 Å². The van der Waals surface area contributed by atoms with Crippen LogP contribution in [0.3, 0.4) is 0 Å². The number of guanidine groups is 1. The first-order chi connectivity index (χ1) is 13.6. The summed E-state index contributed by atoms with van der Waals surface area (Å²) in [5.41, 5.74) is 0.964. The molecule has 1 saturated heterocycles. The van der Waals surface area contributed by atoms with E-state index in [-0.39, 0.29) is 0 Å². The number of aliphatic hydroxyl groups is 1. The Balaban J connectivity index is 1.59. The lowest BCUT2D eigenvalue weighted by Gasteiger charge is -2.25. The summed E-state index contributed by atoms with van der Waals surface area (Å²) in [5.74, 6) is 1.73. The van der Waals surface area contributed by atoms with Crippen molar-refractivity contribution in [3.8, 4) is 0 Å². The molecule has 1 atom stereocenters. The minimum atomic E-state index is -0.976. The standard InChI is InChI=1S/C22H31N5O/c1-3-23-21(26-17-22(2,28)19-9-5-4-6-10-19)25-16-18-11-12-20(24-15-18)27-13-7-8-14-27/h4-6,9-12,15,28H,3,7-8,13-14,16-17H2,1-2H3,(H2,23,25,26). The van der Waals surface area contributed by atoms with Gasteiger partial charge >= 0.3 is 0 Å². The predicted octanol–water partition coefficient (Wildman–Crippen LogP) is 2.64. The third-order valence-electron chi connectivity index (χ3n) is 5.00. The zero-order chi connectivity index (χ0) is 19.8. The molecule has 3 N–H and O–H groups in total. The SMILES string of the molecule is CCNC(=NCc1ccc(N2CCCC2)nc1)NCC(C)(O)c1ccccc1. The van der Waals surface area contributed by atoms with Crippen molar-refractivity contribution in [1.82, 2.24) is 15.6 Å². The van der Waals surface area contributed by atoms with Crippen molar-refractivity contribution in [3.63, 3.8) is 0 Å². The van der Waals surface area contributed by atoms with Gasteiger partial charge in [-0.05, 0) is 43.9 Å². The first kappa shape index (κ1) is 20.1. The second-order valence-corrected chi connectivity index (χ2v) is 7.41. The molecular formula is C22H31N5O. The zero-order valence-corrected chi connectivity index (χ0v) is 16.9. The van der Waals surface area contributed by atoms with Crippen LogP contribution in [0.15, 0.2) is 53.7 Å². The van der Waals surface area contributed by atoms with Crippen LogP contribution in [0.4, 0.5) is 5.82 Å². The Morgan fingerprint density at radius 2 is 1.89 bits per heavy atom. The summed E-state index contributed by atoms with van der Waals surface area (Å²) in [7, 11) is 0. The van der Waals surface area contributed by atoms with E-state index in [1.54, 1.807) is 6.92 Å². The molecule has 0 radical (unpaired) electrons. The van der Waals surface area contributed by atoms with E-state index in [0.29, 0.717) is 19.0 Å². The predicted molar refractivity (Wildman–Crippen MR) is 115 cm³/mol. The Kier molecular flexibility index (Phi) is 6.87. The van der Waals surface area contributed by atoms with Crippen LogP contribution >= 0.6 is 0 Å². The van der Waals surface area contributed by atoms with E-state index in [2.05, 4.69) is 37.6 Å². The molecule has 2 heterocycles. The summed E-state index contributed by atoms with van der Waals surface area (Å²) in [6.07, 6.45) is 4.40. The van der Waals surface area contributed by atoms with Gasteiger partial charge in [0.2, 0.25) is 0 Å². The quantitative estimate of drug-likeness (QED) is 0.508. The van der Waals surface area contributed by atoms with Gasteiger partial charge in [-0.1, -0.05) is 36.4 Å². The van der Waals surface area contributed by atoms with Crippen molar-refractivity contribution >= 4 is 11.8 Å². The molecule has 6 heteroatoms. The number of hydrogen-bond donors (Lipinski definition) is 3. The second-order valence-electron chi connectivity index (χ2n) is 7.41. The molecule has 2 aromatic rings. The van der Waals surface area contributed by atoms with E-state index in [4.69, 9.17) is 0 Å². The van der Waals surface area contributed by atoms with Gasteiger partial charge in [-0.15, -0.1) is 0 Å². The number of aliphatic imine (C=N–C) groups is 1. The first-order valence-corrected chi connectivity index (χ1v) is 10.1. The molecule has 0 spiro atoms. The van der Waals surface area contributed by atoms with Gasteiger partial charge < -0.3 is 20.6 Å². The molecule has 1 aromatic heterocycles. The molecule has 6 nitrogen and oxygen atoms in total. The third kappa shape index (κ3) is 5.45. The van der Waals surface area contributed by atoms with Crippen molar-refractivity contribution in [2.75, 3.05) is 31.1 Å². The molecule has 1 unspecified atom stereocenters. The number of hydrogen-bond acceptors (Lipinski definition) is 4. The Hall–Kier alpha value is -2.60. The lowest BCUT2D eigenvalue weighted by molar-refractivity contribution is 0.0617. The van der Waals surface area contributed by atoms with Gasteiger partial charge in [0, 0.05) is 25.8 Å². The Labute approximate surface area is 167 Å². The van der Waals surface area contributed by atoms with Crippen molar-refractivity contribution in [2.45, 2.75) is 38.8 Å². The zero-order valence-electron chi connectivity index (χ0n) is 16.9. The molecule has 0 bridgehead atoms. The molecule has 0 aliphatic carbocycles. The van der Waals surface area contributed by atoms with Gasteiger partial charge in [0.25, 0.3) is 0 Å². The van der Waals surface area contributed by atoms with Gasteiger partial charge in [0.05, 0.1) is 13.1 Å². The van der Waals surface area contributed by atoms with Gasteiger partial charge in [-0.2, -0.15) is 0 Å². The maximum Gasteiger partial charge on any atom is 0.191 e. The van der Waals surface area contributed by atoms with Crippen LogP contribution < -0.4 is 15.5 Å². The average Bonchev–Trinajstić information content (AvgIpc) is 3.26. The van der Waals surface area contributed by atoms with Gasteiger partial charge in [0.1, 0.15) is 11.4 Å². The highest BCUT2D eigenvalue weighted by atomic mass is 16.3. The highest BCUT2D eigenvalue weighted by Crippen LogP contribution is 2.19. The minimum absolute atomic E-state index is 0.370. The van der Waals surface area contributed by atoms with Crippen LogP contribution in [0.25, 0.3) is 0 Å². The second kappa shape index (κ2) is 9.55. The van der Waals surface area contributed by atoms with Crippen molar-refractivity contribution in [1.29, 1.82) is 0 Å². The highest BCUT2D eigenvalue weighted by molar-refractivity contribution is 5.79. The van der Waals surface area contributed by atoms with E-state index in [1.807, 2.05) is 43.5 Å². The Bertz CT molecular complexity index is 752. The summed E-state index contributed by atoms with van der Waals surface area (Å²) >= 11 is 0. The van der Waals surface area contributed by atoms with Crippen molar-refractivity contribution < 1.29 is 5.11 Å². The summed E-state index contributed by atoms with van der Waals surface area (Å²) in [6, 6.07) is 13.8. The highest BCUT2D eigenvalue weighted by Gasteiger charge is 2.23. The largest absolute Gasteiger partial charge is 0.384 e. The molecule has 150 valence electrons. The molecule has 0 amide bonds. The fourth-order valence-electron chi connectivity index (χ4n) is 3.31. The molecule has 1 aromatic carbocycles. The van der Waals surface area contributed by atoms with Crippen LogP contribution in [0.1, 0.15) is 37.8 Å². The summed E-state index contributed by atoms with van der Waals surface area (Å²) in [5, 5.41) is 17.2. The smallest absolute Gasteiger partial charge is 0.191 e. The Morgan fingerprint density at radius 3 is 2.54 bits per heavy atom. The van der Waals surface area contributed by atoms with Crippen LogP contribution in [-0.4, -0.2) is 42.2 Å². The molecular weight excluding hydrogens is 350 g/mol. The maximum atomic E-state index is 10.8. The number of nitrogens with one attached hydrogen (secondary N) is 2. The topological polar surface area (TPSA) is 72.8 Å². The van der Waals surface area contributed by atoms with Crippen molar-refractivity contribution in [2.24, 2.45) is 4.99 Å². The van der Waals surface area contributed by atoms with Crippen molar-refractivity contribution in [3.05, 3.63) is 59.8 Å². The fourth-order valence-corrected chi connectivity index (χ4v) is 3.31. The van der Waals surface area contributed by atoms with Gasteiger partial charge in [0.15, 0.2) is 5.96 Å². The molecule has 1 aliphatic rings. The maximum absolute atomic E-state index is 10.8. The van der Waals surface area contributed by atoms with E-state index in [0.717, 1.165) is 36.6 Å². The van der Waals surface area contributed by atoms with Gasteiger partial charge in [-0.3, -0.25) is 0 Å². The summed E-state index contributed by atoms with van der Waals surface area (Å²) in [6.45, 7) is 7.69. The lowest BCUT2D eigenvalue weighted by Crippen LogP contribution is -2.44. The first-order valence-electron chi connectivity index (χ1n) is 10.1. The van der Waals surface area contributed by atoms with E-state index in [1.165, 1.54) is 12.8 Å². The number of anilines is 1. The number of benzene rings is 1. The van der Waals surface area contributed by atoms with Crippen LogP contribution in [0.2, 0.25) is 0 Å². The van der Waals surface area contributed by atoms with E-state index in [9.17, 15) is 5.11 Å². The summed E-state index contributed by atoms with van der Waals surface area (Å²) in [4.78, 5) is 11.5. The lowest BCUT2D eigenvalue weighted by atomic mass is 9.96. The number of pyridine rings is 1. The molecule has 3 rings (SSSR count). The number of nitrogens with zero attached hydrogens (tertiary/aromatic N) is 3. The summed E-state index contributed by atoms with van der Waals surface area (Å²) < 4.78 is 0. The number of rotatable bonds is 7. The van der Waals surface area contributed by atoms with E-state index < -0.39 is 5.60 Å². The monoisotopic (exact) mass is 381 g/mol. The Morgan fingerprint density at radius 1 is 1.14 bits per heavy atom. The van der Waals surface area contributed by atoms with E-state index >= 15 is 0 Å². The number of aromatic nitrogens is 1. The molecule has 0 saturated carbocycles. The van der Waals surface area contributed by atoms with Gasteiger partial charge in [-0.25, -0.2) is 9.98 Å².